The van der Waals surface area contributed by atoms with Gasteiger partial charge in [0.25, 0.3) is 0 Å². The molecule has 0 N–H and O–H groups in total. The van der Waals surface area contributed by atoms with E-state index in [0.717, 1.165) is 26.1 Å². The Hall–Kier alpha value is -0.550. The summed E-state index contributed by atoms with van der Waals surface area (Å²) >= 11 is 0. The van der Waals surface area contributed by atoms with Gasteiger partial charge in [0.05, 0.1) is 12.0 Å². The smallest absolute Gasteiger partial charge is 0.0669 e. The van der Waals surface area contributed by atoms with E-state index in [-0.39, 0.29) is 0 Å². The second-order valence-electron chi connectivity index (χ2n) is 2.92. The monoisotopic (exact) mass is 138 g/mol. The molecule has 0 unspecified atom stereocenters. The average Bonchev–Trinajstić information content (AvgIpc) is 2.37. The number of rotatable bonds is 2. The van der Waals surface area contributed by atoms with Crippen LogP contribution in [0.25, 0.3) is 0 Å². The van der Waals surface area contributed by atoms with Gasteiger partial charge in [-0.1, -0.05) is 6.92 Å². The summed E-state index contributed by atoms with van der Waals surface area (Å²) in [5, 5.41) is 8.58. The zero-order chi connectivity index (χ0) is 7.40. The third-order valence-corrected chi connectivity index (χ3v) is 1.99. The minimum absolute atomic E-state index is 0.312. The van der Waals surface area contributed by atoms with Gasteiger partial charge in [-0.2, -0.15) is 5.26 Å². The Morgan fingerprint density at radius 1 is 1.70 bits per heavy atom. The number of nitriles is 1. The molecule has 0 saturated carbocycles. The fourth-order valence-electron chi connectivity index (χ4n) is 1.46. The highest BCUT2D eigenvalue weighted by Crippen LogP contribution is 2.14. The summed E-state index contributed by atoms with van der Waals surface area (Å²) in [6, 6.07) is 2.31. The van der Waals surface area contributed by atoms with Crippen molar-refractivity contribution in [3.05, 3.63) is 0 Å². The summed E-state index contributed by atoms with van der Waals surface area (Å²) in [6.45, 7) is 5.48. The van der Waals surface area contributed by atoms with Gasteiger partial charge in [0.2, 0.25) is 0 Å². The lowest BCUT2D eigenvalue weighted by Crippen LogP contribution is -2.20. The fraction of sp³-hybridized carbons (Fsp3) is 0.875. The molecule has 56 valence electrons. The molecule has 1 aliphatic rings. The van der Waals surface area contributed by atoms with E-state index < -0.39 is 0 Å². The number of hydrogen-bond acceptors (Lipinski definition) is 2. The van der Waals surface area contributed by atoms with Crippen LogP contribution in [-0.4, -0.2) is 24.5 Å². The maximum absolute atomic E-state index is 8.58. The minimum Gasteiger partial charge on any atom is -0.302 e. The van der Waals surface area contributed by atoms with Gasteiger partial charge in [-0.25, -0.2) is 0 Å². The van der Waals surface area contributed by atoms with Crippen LogP contribution in [0.2, 0.25) is 0 Å². The first kappa shape index (κ1) is 7.56. The molecule has 1 fully saturated rings. The van der Waals surface area contributed by atoms with E-state index >= 15 is 0 Å². The number of nitrogens with zero attached hydrogens (tertiary/aromatic N) is 2. The van der Waals surface area contributed by atoms with Gasteiger partial charge >= 0.3 is 0 Å². The molecular weight excluding hydrogens is 124 g/mol. The van der Waals surface area contributed by atoms with Crippen molar-refractivity contribution >= 4 is 0 Å². The van der Waals surface area contributed by atoms with E-state index in [1.807, 2.05) is 0 Å². The molecule has 10 heavy (non-hydrogen) atoms. The van der Waals surface area contributed by atoms with Gasteiger partial charge in [-0.3, -0.25) is 0 Å². The lowest BCUT2D eigenvalue weighted by atomic mass is 10.1. The van der Waals surface area contributed by atoms with E-state index in [1.165, 1.54) is 6.42 Å². The third-order valence-electron chi connectivity index (χ3n) is 1.99. The summed E-state index contributed by atoms with van der Waals surface area (Å²) in [6.07, 6.45) is 2.29. The van der Waals surface area contributed by atoms with Crippen LogP contribution in [0.5, 0.6) is 0 Å². The maximum Gasteiger partial charge on any atom is 0.0669 e. The van der Waals surface area contributed by atoms with Crippen molar-refractivity contribution in [3.63, 3.8) is 0 Å². The Labute approximate surface area is 62.4 Å². The minimum atomic E-state index is 0.312. The molecule has 1 aliphatic heterocycles. The topological polar surface area (TPSA) is 27.0 Å². The molecule has 0 bridgehead atoms. The zero-order valence-electron chi connectivity index (χ0n) is 6.51. The molecule has 0 aromatic heterocycles. The SMILES string of the molecule is CCCN1CC[C@@H](C#N)C1. The van der Waals surface area contributed by atoms with Crippen LogP contribution in [-0.2, 0) is 0 Å². The van der Waals surface area contributed by atoms with Crippen molar-refractivity contribution in [1.82, 2.24) is 4.90 Å². The summed E-state index contributed by atoms with van der Waals surface area (Å²) < 4.78 is 0. The van der Waals surface area contributed by atoms with Crippen molar-refractivity contribution in [2.75, 3.05) is 19.6 Å². The highest BCUT2D eigenvalue weighted by Gasteiger charge is 2.20. The van der Waals surface area contributed by atoms with Gasteiger partial charge in [-0.05, 0) is 25.9 Å². The van der Waals surface area contributed by atoms with Crippen LogP contribution in [0.4, 0.5) is 0 Å². The Morgan fingerprint density at radius 2 is 2.50 bits per heavy atom. The van der Waals surface area contributed by atoms with Crippen LogP contribution in [0.3, 0.4) is 0 Å². The van der Waals surface area contributed by atoms with E-state index in [1.54, 1.807) is 0 Å². The Bertz CT molecular complexity index is 137. The van der Waals surface area contributed by atoms with Crippen molar-refractivity contribution in [2.24, 2.45) is 5.92 Å². The second kappa shape index (κ2) is 3.58. The number of hydrogen-bond donors (Lipinski definition) is 0. The molecule has 0 aliphatic carbocycles. The molecule has 0 radical (unpaired) electrons. The molecule has 0 spiro atoms. The molecule has 1 rings (SSSR count). The molecule has 1 saturated heterocycles. The van der Waals surface area contributed by atoms with Crippen LogP contribution in [0, 0.1) is 17.2 Å². The molecule has 0 amide bonds. The van der Waals surface area contributed by atoms with Crippen molar-refractivity contribution < 1.29 is 0 Å². The Morgan fingerprint density at radius 3 is 3.00 bits per heavy atom. The molecule has 0 aromatic rings. The molecule has 2 nitrogen and oxygen atoms in total. The van der Waals surface area contributed by atoms with Gasteiger partial charge in [0, 0.05) is 6.54 Å². The predicted molar refractivity (Wildman–Crippen MR) is 40.5 cm³/mol. The molecule has 1 heterocycles. The van der Waals surface area contributed by atoms with Gasteiger partial charge in [0.15, 0.2) is 0 Å². The number of likely N-dealkylation sites (tertiary alicyclic amines) is 1. The van der Waals surface area contributed by atoms with Gasteiger partial charge < -0.3 is 4.90 Å². The van der Waals surface area contributed by atoms with E-state index in [0.29, 0.717) is 5.92 Å². The van der Waals surface area contributed by atoms with E-state index in [9.17, 15) is 0 Å². The average molecular weight is 138 g/mol. The predicted octanol–water partition coefficient (Wildman–Crippen LogP) is 1.24. The highest BCUT2D eigenvalue weighted by molar-refractivity contribution is 4.90. The van der Waals surface area contributed by atoms with Gasteiger partial charge in [0.1, 0.15) is 0 Å². The first-order chi connectivity index (χ1) is 4.86. The molecule has 2 heteroatoms. The van der Waals surface area contributed by atoms with Crippen LogP contribution in [0.15, 0.2) is 0 Å². The molecule has 0 aromatic carbocycles. The second-order valence-corrected chi connectivity index (χ2v) is 2.92. The van der Waals surface area contributed by atoms with Gasteiger partial charge in [-0.15, -0.1) is 0 Å². The lowest BCUT2D eigenvalue weighted by Gasteiger charge is -2.11. The summed E-state index contributed by atoms with van der Waals surface area (Å²) in [5.41, 5.74) is 0. The summed E-state index contributed by atoms with van der Waals surface area (Å²) in [5.74, 6) is 0.312. The molecule has 1 atom stereocenters. The zero-order valence-corrected chi connectivity index (χ0v) is 6.51. The summed E-state index contributed by atoms with van der Waals surface area (Å²) in [4.78, 5) is 2.37. The van der Waals surface area contributed by atoms with Crippen LogP contribution < -0.4 is 0 Å². The van der Waals surface area contributed by atoms with Crippen molar-refractivity contribution in [3.8, 4) is 6.07 Å². The molecular formula is C8H14N2. The van der Waals surface area contributed by atoms with E-state index in [2.05, 4.69) is 17.9 Å². The fourth-order valence-corrected chi connectivity index (χ4v) is 1.46. The lowest BCUT2D eigenvalue weighted by molar-refractivity contribution is 0.333. The Balaban J connectivity index is 2.23. The quantitative estimate of drug-likeness (QED) is 0.574. The van der Waals surface area contributed by atoms with Crippen LogP contribution in [0.1, 0.15) is 19.8 Å². The Kier molecular flexibility index (Phi) is 2.70. The van der Waals surface area contributed by atoms with Crippen molar-refractivity contribution in [2.45, 2.75) is 19.8 Å². The largest absolute Gasteiger partial charge is 0.302 e. The highest BCUT2D eigenvalue weighted by atomic mass is 15.1. The summed E-state index contributed by atoms with van der Waals surface area (Å²) in [7, 11) is 0. The van der Waals surface area contributed by atoms with E-state index in [4.69, 9.17) is 5.26 Å². The van der Waals surface area contributed by atoms with Crippen molar-refractivity contribution in [1.29, 1.82) is 5.26 Å². The maximum atomic E-state index is 8.58. The first-order valence-electron chi connectivity index (χ1n) is 3.98. The standard InChI is InChI=1S/C8H14N2/c1-2-4-10-5-3-8(6-9)7-10/h8H,2-5,7H2,1H3/t8-/m0/s1. The van der Waals surface area contributed by atoms with Crippen LogP contribution >= 0.6 is 0 Å². The third kappa shape index (κ3) is 1.71. The first-order valence-corrected chi connectivity index (χ1v) is 3.98. The normalized spacial score (nSPS) is 26.6.